The molecule has 11 aromatic carbocycles. The molecular formula is C71H53BN2O. The molecule has 2 aliphatic heterocycles. The van der Waals surface area contributed by atoms with E-state index < -0.39 is 0 Å². The summed E-state index contributed by atoms with van der Waals surface area (Å²) < 4.78 is 7.44. The maximum Gasteiger partial charge on any atom is 0.333 e. The van der Waals surface area contributed by atoms with Gasteiger partial charge in [0.05, 0.1) is 11.4 Å². The number of benzene rings is 11. The monoisotopic (exact) mass is 960 g/mol. The van der Waals surface area contributed by atoms with Crippen molar-refractivity contribution in [3.05, 3.63) is 247 Å². The zero-order valence-electron chi connectivity index (χ0n) is 42.8. The van der Waals surface area contributed by atoms with Crippen molar-refractivity contribution < 1.29 is 4.42 Å². The third-order valence-corrected chi connectivity index (χ3v) is 16.8. The highest BCUT2D eigenvalue weighted by Crippen LogP contribution is 2.56. The molecule has 3 aliphatic rings. The molecule has 0 radical (unpaired) electrons. The Morgan fingerprint density at radius 3 is 1.79 bits per heavy atom. The zero-order valence-corrected chi connectivity index (χ0v) is 42.8. The van der Waals surface area contributed by atoms with Gasteiger partial charge in [-0.25, -0.2) is 0 Å². The Balaban J connectivity index is 1.10. The molecule has 0 unspecified atom stereocenters. The summed E-state index contributed by atoms with van der Waals surface area (Å²) in [5.41, 5.74) is 25.7. The van der Waals surface area contributed by atoms with E-state index in [1.165, 1.54) is 94.3 Å². The smallest absolute Gasteiger partial charge is 0.333 e. The third kappa shape index (κ3) is 6.55. The first kappa shape index (κ1) is 43.7. The highest BCUT2D eigenvalue weighted by molar-refractivity contribution is 6.94. The van der Waals surface area contributed by atoms with Crippen LogP contribution in [-0.2, 0) is 10.8 Å². The zero-order chi connectivity index (χ0) is 50.3. The maximum absolute atomic E-state index is 7.44. The number of nitrogens with zero attached hydrogens (tertiary/aromatic N) is 2. The summed E-state index contributed by atoms with van der Waals surface area (Å²) >= 11 is 0. The Morgan fingerprint density at radius 1 is 0.427 bits per heavy atom. The average molecular weight is 961 g/mol. The summed E-state index contributed by atoms with van der Waals surface area (Å²) in [6.45, 7) is 11.5. The van der Waals surface area contributed by atoms with Crippen LogP contribution in [0.3, 0.4) is 0 Å². The van der Waals surface area contributed by atoms with Crippen molar-refractivity contribution in [2.24, 2.45) is 0 Å². The Labute approximate surface area is 439 Å². The van der Waals surface area contributed by atoms with Crippen LogP contribution >= 0.6 is 0 Å². The Bertz CT molecular complexity index is 4300. The van der Waals surface area contributed by atoms with Crippen LogP contribution in [0.4, 0.5) is 28.4 Å². The minimum absolute atomic E-state index is 0.0823. The van der Waals surface area contributed by atoms with E-state index in [-0.39, 0.29) is 17.7 Å². The number of fused-ring (bicyclic) bond motifs is 12. The van der Waals surface area contributed by atoms with Gasteiger partial charge in [-0.15, -0.1) is 0 Å². The van der Waals surface area contributed by atoms with E-state index in [2.05, 4.69) is 275 Å². The molecule has 75 heavy (non-hydrogen) atoms. The number of hydrogen-bond donors (Lipinski definition) is 0. The number of rotatable bonds is 5. The first-order valence-corrected chi connectivity index (χ1v) is 26.4. The van der Waals surface area contributed by atoms with Crippen molar-refractivity contribution in [3.63, 3.8) is 0 Å². The SMILES string of the molecule is CC(C)(C)c1ccc(N2c3cc(-c4ccccc4)cc4c3B(c3ccc5c(oc6cc7ccccc7cc65)c32)N(c2ccc(-c3ccccc3)cc2)c2cc3c(cc2-4)-c2ccccc2C3(C)C)c(-c2ccccc2)c1. The molecule has 3 nitrogen and oxygen atoms in total. The summed E-state index contributed by atoms with van der Waals surface area (Å²) in [4.78, 5) is 5.25. The van der Waals surface area contributed by atoms with Gasteiger partial charge in [0.1, 0.15) is 5.58 Å². The average Bonchev–Trinajstić information content (AvgIpc) is 4.07. The van der Waals surface area contributed by atoms with Crippen LogP contribution in [0, 0.1) is 0 Å². The van der Waals surface area contributed by atoms with Gasteiger partial charge in [0.15, 0.2) is 5.58 Å². The molecule has 1 aliphatic carbocycles. The van der Waals surface area contributed by atoms with Gasteiger partial charge in [0.25, 0.3) is 0 Å². The van der Waals surface area contributed by atoms with Crippen molar-refractivity contribution >= 4 is 78.9 Å². The molecule has 1 aromatic heterocycles. The Hall–Kier alpha value is -8.86. The van der Waals surface area contributed by atoms with E-state index >= 15 is 0 Å². The normalized spacial score (nSPS) is 14.0. The van der Waals surface area contributed by atoms with Crippen LogP contribution in [0.15, 0.2) is 235 Å². The van der Waals surface area contributed by atoms with E-state index in [9.17, 15) is 0 Å². The van der Waals surface area contributed by atoms with Crippen LogP contribution in [0.5, 0.6) is 0 Å². The summed E-state index contributed by atoms with van der Waals surface area (Å²) in [7, 11) is 0. The van der Waals surface area contributed by atoms with Gasteiger partial charge in [-0.1, -0.05) is 204 Å². The molecule has 15 rings (SSSR count). The van der Waals surface area contributed by atoms with Crippen LogP contribution in [0.2, 0.25) is 0 Å². The fourth-order valence-electron chi connectivity index (χ4n) is 13.0. The molecule has 3 heterocycles. The minimum atomic E-state index is -0.239. The summed E-state index contributed by atoms with van der Waals surface area (Å²) in [6.07, 6.45) is 0. The van der Waals surface area contributed by atoms with Gasteiger partial charge < -0.3 is 14.1 Å². The van der Waals surface area contributed by atoms with Crippen molar-refractivity contribution in [1.29, 1.82) is 0 Å². The summed E-state index contributed by atoms with van der Waals surface area (Å²) in [5, 5.41) is 4.57. The molecule has 4 heteroatoms. The van der Waals surface area contributed by atoms with Crippen LogP contribution in [-0.4, -0.2) is 6.85 Å². The lowest BCUT2D eigenvalue weighted by Crippen LogP contribution is -2.61. The molecule has 0 N–H and O–H groups in total. The topological polar surface area (TPSA) is 19.6 Å². The fourth-order valence-corrected chi connectivity index (χ4v) is 13.0. The van der Waals surface area contributed by atoms with E-state index in [0.29, 0.717) is 0 Å². The van der Waals surface area contributed by atoms with E-state index in [1.807, 2.05) is 0 Å². The van der Waals surface area contributed by atoms with Gasteiger partial charge in [0, 0.05) is 44.4 Å². The second-order valence-electron chi connectivity index (χ2n) is 22.5. The first-order valence-electron chi connectivity index (χ1n) is 26.4. The second-order valence-corrected chi connectivity index (χ2v) is 22.5. The van der Waals surface area contributed by atoms with Crippen molar-refractivity contribution in [3.8, 4) is 55.6 Å². The number of anilines is 5. The van der Waals surface area contributed by atoms with Gasteiger partial charge in [-0.05, 0) is 149 Å². The molecule has 356 valence electrons. The lowest BCUT2D eigenvalue weighted by atomic mass is 9.43. The fraction of sp³-hybridized carbons (Fsp3) is 0.0986. The molecule has 0 saturated heterocycles. The van der Waals surface area contributed by atoms with E-state index in [4.69, 9.17) is 4.42 Å². The van der Waals surface area contributed by atoms with Gasteiger partial charge in [0.2, 0.25) is 0 Å². The molecule has 12 aromatic rings. The maximum atomic E-state index is 7.44. The lowest BCUT2D eigenvalue weighted by molar-refractivity contribution is 0.590. The Kier molecular flexibility index (Phi) is 9.36. The summed E-state index contributed by atoms with van der Waals surface area (Å²) in [5.74, 6) is 0. The Morgan fingerprint density at radius 2 is 1.07 bits per heavy atom. The highest BCUT2D eigenvalue weighted by Gasteiger charge is 2.48. The quantitative estimate of drug-likeness (QED) is 0.160. The van der Waals surface area contributed by atoms with Crippen molar-refractivity contribution in [2.75, 3.05) is 9.71 Å². The van der Waals surface area contributed by atoms with E-state index in [0.717, 1.165) is 50.1 Å². The predicted molar refractivity (Wildman–Crippen MR) is 318 cm³/mol. The largest absolute Gasteiger partial charge is 0.454 e. The molecular weight excluding hydrogens is 908 g/mol. The third-order valence-electron chi connectivity index (χ3n) is 16.8. The van der Waals surface area contributed by atoms with Crippen LogP contribution in [0.1, 0.15) is 51.3 Å². The second kappa shape index (κ2) is 16.1. The van der Waals surface area contributed by atoms with Crippen molar-refractivity contribution in [1.82, 2.24) is 0 Å². The van der Waals surface area contributed by atoms with Gasteiger partial charge in [-0.2, -0.15) is 0 Å². The molecule has 0 fully saturated rings. The predicted octanol–water partition coefficient (Wildman–Crippen LogP) is 18.1. The van der Waals surface area contributed by atoms with Crippen LogP contribution < -0.4 is 20.6 Å². The van der Waals surface area contributed by atoms with E-state index in [1.54, 1.807) is 0 Å². The number of hydrogen-bond acceptors (Lipinski definition) is 3. The van der Waals surface area contributed by atoms with Gasteiger partial charge in [-0.3, -0.25) is 0 Å². The lowest BCUT2D eigenvalue weighted by Gasteiger charge is -2.46. The first-order chi connectivity index (χ1) is 36.6. The molecule has 0 saturated carbocycles. The molecule has 0 amide bonds. The van der Waals surface area contributed by atoms with Crippen molar-refractivity contribution in [2.45, 2.75) is 45.4 Å². The standard InChI is InChI=1S/C71H53BN2O/c1-70(2,3)51-31-36-63(55(41-51)47-23-13-8-14-24-47)73-65-39-50(45-21-11-7-12-22-45)38-59-57-42-56-53-27-17-18-28-60(53)71(4,5)61(56)43-64(57)74(52-32-29-46(30-33-52)44-19-9-6-10-20-44)72(67(59)65)62-35-34-54-58-37-48-25-15-16-26-49(48)40-66(58)75-69(54)68(62)73/h6-43H,1-5H3. The molecule has 0 spiro atoms. The minimum Gasteiger partial charge on any atom is -0.454 e. The number of furan rings is 1. The van der Waals surface area contributed by atoms with Crippen LogP contribution in [0.25, 0.3) is 88.3 Å². The highest BCUT2D eigenvalue weighted by atomic mass is 16.3. The van der Waals surface area contributed by atoms with Gasteiger partial charge >= 0.3 is 6.85 Å². The summed E-state index contributed by atoms with van der Waals surface area (Å²) in [6, 6.07) is 86.2. The molecule has 0 atom stereocenters. The molecule has 0 bridgehead atoms.